The molecular weight excluding hydrogens is 403 g/mol. The number of nitrogens with zero attached hydrogens (tertiary/aromatic N) is 4. The van der Waals surface area contributed by atoms with Crippen molar-refractivity contribution in [2.75, 3.05) is 38.1 Å². The molecule has 3 aromatic rings. The van der Waals surface area contributed by atoms with Gasteiger partial charge in [-0.1, -0.05) is 29.3 Å². The van der Waals surface area contributed by atoms with E-state index in [2.05, 4.69) is 20.3 Å². The number of H-pyrrole nitrogens is 1. The summed E-state index contributed by atoms with van der Waals surface area (Å²) in [4.78, 5) is 25.7. The Balaban J connectivity index is 1.49. The van der Waals surface area contributed by atoms with Gasteiger partial charge in [-0.3, -0.25) is 14.7 Å². The second-order valence-electron chi connectivity index (χ2n) is 6.32. The van der Waals surface area contributed by atoms with Crippen LogP contribution < -0.4 is 10.9 Å². The predicted octanol–water partition coefficient (Wildman–Crippen LogP) is 2.37. The molecule has 0 atom stereocenters. The average molecular weight is 426 g/mol. The highest BCUT2D eigenvalue weighted by Gasteiger charge is 2.14. The maximum Gasteiger partial charge on any atom is 0.278 e. The van der Waals surface area contributed by atoms with Crippen molar-refractivity contribution in [3.8, 4) is 0 Å². The molecule has 0 unspecified atom stereocenters. The van der Waals surface area contributed by atoms with Crippen LogP contribution >= 0.6 is 23.2 Å². The topological polar surface area (TPSA) is 88.1 Å². The van der Waals surface area contributed by atoms with E-state index in [4.69, 9.17) is 32.1 Å². The van der Waals surface area contributed by atoms with Crippen molar-refractivity contribution < 1.29 is 8.85 Å². The van der Waals surface area contributed by atoms with Gasteiger partial charge in [0, 0.05) is 32.7 Å². The molecule has 2 aromatic heterocycles. The van der Waals surface area contributed by atoms with Crippen LogP contribution in [-0.2, 0) is 17.8 Å². The lowest BCUT2D eigenvalue weighted by molar-refractivity contribution is 0.0365. The van der Waals surface area contributed by atoms with Crippen molar-refractivity contribution in [1.29, 1.82) is 0 Å². The lowest BCUT2D eigenvalue weighted by Crippen LogP contribution is -2.38. The first kappa shape index (κ1) is 15.8. The fraction of sp³-hybridized carbons (Fsp3) is 0.389. The quantitative estimate of drug-likeness (QED) is 0.630. The van der Waals surface area contributed by atoms with Crippen LogP contribution in [0.3, 0.4) is 0 Å². The molecule has 1 aliphatic rings. The molecule has 2 N–H and O–H groups in total. The SMILES string of the molecule is [2H]c1nc2nc(NCc3ccc(Cl)c(Cl)c3)[nH]c(=O)c2n1CCN1CCOC([2H])([2H])C1. The smallest absolute Gasteiger partial charge is 0.278 e. The number of nitrogens with one attached hydrogen (secondary N) is 2. The summed E-state index contributed by atoms with van der Waals surface area (Å²) >= 11 is 11.9. The first-order chi connectivity index (χ1) is 14.7. The number of benzene rings is 1. The van der Waals surface area contributed by atoms with Crippen molar-refractivity contribution in [3.63, 3.8) is 0 Å². The van der Waals surface area contributed by atoms with Gasteiger partial charge >= 0.3 is 0 Å². The molecule has 0 bridgehead atoms. The Kier molecular flexibility index (Phi) is 4.77. The van der Waals surface area contributed by atoms with Gasteiger partial charge < -0.3 is 14.6 Å². The van der Waals surface area contributed by atoms with E-state index in [0.717, 1.165) is 5.56 Å². The van der Waals surface area contributed by atoms with Crippen molar-refractivity contribution in [2.24, 2.45) is 0 Å². The summed E-state index contributed by atoms with van der Waals surface area (Å²) in [7, 11) is 0. The number of ether oxygens (including phenoxy) is 1. The van der Waals surface area contributed by atoms with Gasteiger partial charge in [0.25, 0.3) is 5.56 Å². The number of hydrogen-bond acceptors (Lipinski definition) is 6. The Morgan fingerprint density at radius 3 is 3.04 bits per heavy atom. The molecule has 0 saturated carbocycles. The number of hydrogen-bond donors (Lipinski definition) is 2. The number of aromatic nitrogens is 4. The number of aromatic amines is 1. The zero-order valence-corrected chi connectivity index (χ0v) is 16.3. The van der Waals surface area contributed by atoms with Crippen LogP contribution in [0.4, 0.5) is 5.95 Å². The van der Waals surface area contributed by atoms with Crippen molar-refractivity contribution >= 4 is 40.3 Å². The van der Waals surface area contributed by atoms with E-state index in [9.17, 15) is 4.79 Å². The summed E-state index contributed by atoms with van der Waals surface area (Å²) in [5.41, 5.74) is 0.822. The van der Waals surface area contributed by atoms with Crippen molar-refractivity contribution in [2.45, 2.75) is 13.1 Å². The van der Waals surface area contributed by atoms with Crippen LogP contribution in [0.2, 0.25) is 10.0 Å². The van der Waals surface area contributed by atoms with Crippen molar-refractivity contribution in [3.05, 3.63) is 50.5 Å². The van der Waals surface area contributed by atoms with E-state index in [-0.39, 0.29) is 30.0 Å². The molecule has 1 aliphatic heterocycles. The molecule has 0 aliphatic carbocycles. The molecule has 1 fully saturated rings. The Morgan fingerprint density at radius 2 is 2.21 bits per heavy atom. The second kappa shape index (κ2) is 8.48. The molecular formula is C18H20Cl2N6O2. The van der Waals surface area contributed by atoms with Crippen LogP contribution in [0.5, 0.6) is 0 Å². The molecule has 28 heavy (non-hydrogen) atoms. The summed E-state index contributed by atoms with van der Waals surface area (Å²) in [6.07, 6.45) is -0.0779. The fourth-order valence-corrected chi connectivity index (χ4v) is 3.23. The zero-order valence-electron chi connectivity index (χ0n) is 17.8. The summed E-state index contributed by atoms with van der Waals surface area (Å²) in [6.45, 7) is 0.428. The van der Waals surface area contributed by atoms with Gasteiger partial charge in [-0.2, -0.15) is 4.98 Å². The predicted molar refractivity (Wildman–Crippen MR) is 109 cm³/mol. The molecule has 0 radical (unpaired) electrons. The van der Waals surface area contributed by atoms with E-state index < -0.39 is 12.1 Å². The highest BCUT2D eigenvalue weighted by Crippen LogP contribution is 2.22. The lowest BCUT2D eigenvalue weighted by atomic mass is 10.2. The molecule has 0 amide bonds. The maximum absolute atomic E-state index is 12.7. The Labute approximate surface area is 175 Å². The maximum atomic E-state index is 12.7. The Morgan fingerprint density at radius 1 is 1.32 bits per heavy atom. The number of anilines is 1. The molecule has 1 aromatic carbocycles. The third kappa shape index (κ3) is 4.30. The minimum atomic E-state index is -1.70. The van der Waals surface area contributed by atoms with Gasteiger partial charge in [0.2, 0.25) is 5.95 Å². The number of imidazole rings is 1. The van der Waals surface area contributed by atoms with E-state index in [1.807, 2.05) is 11.0 Å². The van der Waals surface area contributed by atoms with Gasteiger partial charge in [-0.05, 0) is 17.7 Å². The van der Waals surface area contributed by atoms with Crippen LogP contribution in [0.25, 0.3) is 11.2 Å². The van der Waals surface area contributed by atoms with E-state index in [1.165, 1.54) is 4.57 Å². The average Bonchev–Trinajstić information content (AvgIpc) is 3.02. The molecule has 10 heteroatoms. The highest BCUT2D eigenvalue weighted by molar-refractivity contribution is 6.42. The highest BCUT2D eigenvalue weighted by atomic mass is 35.5. The standard InChI is InChI=1S/C18H20Cl2N6O2/c19-13-2-1-12(9-14(13)20)10-21-18-23-16-15(17(27)24-18)26(11-22-16)4-3-25-5-7-28-8-6-25/h1-2,9,11H,3-8,10H2,(H2,21,23,24,27)/i7D2,11D. The normalized spacial score (nSPS) is 18.6. The van der Waals surface area contributed by atoms with Gasteiger partial charge in [0.15, 0.2) is 11.2 Å². The van der Waals surface area contributed by atoms with Gasteiger partial charge in [0.1, 0.15) is 1.37 Å². The molecule has 3 heterocycles. The molecule has 8 nitrogen and oxygen atoms in total. The summed E-state index contributed by atoms with van der Waals surface area (Å²) < 4.78 is 30.1. The fourth-order valence-electron chi connectivity index (χ4n) is 2.91. The first-order valence-electron chi connectivity index (χ1n) is 10.2. The van der Waals surface area contributed by atoms with Gasteiger partial charge in [-0.15, -0.1) is 0 Å². The third-order valence-electron chi connectivity index (χ3n) is 4.41. The van der Waals surface area contributed by atoms with Gasteiger partial charge in [0.05, 0.1) is 32.3 Å². The first-order valence-corrected chi connectivity index (χ1v) is 9.49. The number of fused-ring (bicyclic) bond motifs is 1. The molecule has 4 rings (SSSR count). The van der Waals surface area contributed by atoms with E-state index >= 15 is 0 Å². The zero-order chi connectivity index (χ0) is 22.2. The molecule has 1 saturated heterocycles. The van der Waals surface area contributed by atoms with Gasteiger partial charge in [-0.25, -0.2) is 4.98 Å². The van der Waals surface area contributed by atoms with E-state index in [1.54, 1.807) is 12.1 Å². The Hall–Kier alpha value is -2.13. The van der Waals surface area contributed by atoms with Crippen molar-refractivity contribution in [1.82, 2.24) is 24.4 Å². The van der Waals surface area contributed by atoms with Crippen LogP contribution in [0, 0.1) is 0 Å². The third-order valence-corrected chi connectivity index (χ3v) is 5.15. The lowest BCUT2D eigenvalue weighted by Gasteiger charge is -2.26. The summed E-state index contributed by atoms with van der Waals surface area (Å²) in [5, 5.41) is 3.91. The monoisotopic (exact) mass is 425 g/mol. The number of halogens is 2. The summed E-state index contributed by atoms with van der Waals surface area (Å²) in [5.74, 6) is 0.231. The van der Waals surface area contributed by atoms with Crippen LogP contribution in [-0.4, -0.2) is 57.2 Å². The van der Waals surface area contributed by atoms with Crippen LogP contribution in [0.1, 0.15) is 9.68 Å². The van der Waals surface area contributed by atoms with Crippen LogP contribution in [0.15, 0.2) is 29.3 Å². The largest absolute Gasteiger partial charge is 0.379 e. The Bertz CT molecular complexity index is 1170. The number of rotatable bonds is 6. The minimum Gasteiger partial charge on any atom is -0.379 e. The second-order valence-corrected chi connectivity index (χ2v) is 7.14. The minimum absolute atomic E-state index is 0.0779. The van der Waals surface area contributed by atoms with E-state index in [0.29, 0.717) is 42.8 Å². The summed E-state index contributed by atoms with van der Waals surface area (Å²) in [6, 6.07) is 5.22. The number of morpholine rings is 1. The molecule has 0 spiro atoms. The molecule has 148 valence electrons.